The summed E-state index contributed by atoms with van der Waals surface area (Å²) < 4.78 is 0. The Balaban J connectivity index is 3.10. The van der Waals surface area contributed by atoms with E-state index in [1.165, 1.54) is 0 Å². The van der Waals surface area contributed by atoms with Gasteiger partial charge in [-0.05, 0) is 13.3 Å². The second-order valence-electron chi connectivity index (χ2n) is 1.64. The molecule has 0 spiro atoms. The van der Waals surface area contributed by atoms with Gasteiger partial charge in [0.25, 0.3) is 0 Å². The first kappa shape index (κ1) is 8.54. The summed E-state index contributed by atoms with van der Waals surface area (Å²) in [6, 6.07) is 0. The van der Waals surface area contributed by atoms with Gasteiger partial charge in [-0.15, -0.1) is 23.2 Å². The fourth-order valence-corrected chi connectivity index (χ4v) is 0.690. The molecule has 0 saturated heterocycles. The number of halogens is 2. The topological polar surface area (TPSA) is 20.2 Å². The summed E-state index contributed by atoms with van der Waals surface area (Å²) in [4.78, 5) is 0. The van der Waals surface area contributed by atoms with Crippen molar-refractivity contribution in [3.05, 3.63) is 6.92 Å². The third-order valence-corrected chi connectivity index (χ3v) is 1.24. The van der Waals surface area contributed by atoms with Crippen LogP contribution in [0.15, 0.2) is 0 Å². The van der Waals surface area contributed by atoms with Gasteiger partial charge in [0, 0.05) is 11.3 Å². The standard InChI is InChI=1S/C5H9Cl2O/c1-4(7)2-5(8)3-6/h4-5,8H,1-3H2. The highest BCUT2D eigenvalue weighted by Gasteiger charge is 2.04. The summed E-state index contributed by atoms with van der Waals surface area (Å²) in [5.41, 5.74) is 0. The van der Waals surface area contributed by atoms with Gasteiger partial charge in [-0.3, -0.25) is 0 Å². The zero-order valence-corrected chi connectivity index (χ0v) is 5.99. The predicted molar refractivity (Wildman–Crippen MR) is 36.3 cm³/mol. The van der Waals surface area contributed by atoms with Crippen molar-refractivity contribution in [2.24, 2.45) is 0 Å². The maximum absolute atomic E-state index is 8.77. The minimum Gasteiger partial charge on any atom is -0.392 e. The molecule has 0 fully saturated rings. The van der Waals surface area contributed by atoms with Gasteiger partial charge in [-0.25, -0.2) is 0 Å². The van der Waals surface area contributed by atoms with E-state index in [-0.39, 0.29) is 11.3 Å². The Bertz CT molecular complexity index is 56.4. The third-order valence-electron chi connectivity index (χ3n) is 0.706. The fraction of sp³-hybridized carbons (Fsp3) is 0.800. The van der Waals surface area contributed by atoms with Gasteiger partial charge in [0.1, 0.15) is 0 Å². The lowest BCUT2D eigenvalue weighted by molar-refractivity contribution is 0.190. The van der Waals surface area contributed by atoms with Crippen LogP contribution in [0.3, 0.4) is 0 Å². The molecular formula is C5H9Cl2O. The monoisotopic (exact) mass is 155 g/mol. The molecule has 1 radical (unpaired) electrons. The highest BCUT2D eigenvalue weighted by molar-refractivity contribution is 6.21. The lowest BCUT2D eigenvalue weighted by Gasteiger charge is -2.05. The second-order valence-corrected chi connectivity index (χ2v) is 2.57. The molecule has 2 atom stereocenters. The van der Waals surface area contributed by atoms with Crippen molar-refractivity contribution in [3.8, 4) is 0 Å². The van der Waals surface area contributed by atoms with E-state index in [2.05, 4.69) is 6.92 Å². The SMILES string of the molecule is [CH2]C(Cl)CC(O)CCl. The molecule has 0 aliphatic heterocycles. The van der Waals surface area contributed by atoms with Crippen LogP contribution in [0.25, 0.3) is 0 Å². The molecule has 0 aliphatic carbocycles. The van der Waals surface area contributed by atoms with E-state index < -0.39 is 6.10 Å². The van der Waals surface area contributed by atoms with Gasteiger partial charge in [0.05, 0.1) is 6.10 Å². The van der Waals surface area contributed by atoms with Crippen molar-refractivity contribution in [1.82, 2.24) is 0 Å². The van der Waals surface area contributed by atoms with Crippen LogP contribution in [0.5, 0.6) is 0 Å². The van der Waals surface area contributed by atoms with E-state index in [0.29, 0.717) is 6.42 Å². The van der Waals surface area contributed by atoms with Crippen LogP contribution in [0.2, 0.25) is 0 Å². The van der Waals surface area contributed by atoms with Crippen molar-refractivity contribution in [1.29, 1.82) is 0 Å². The quantitative estimate of drug-likeness (QED) is 0.612. The number of hydrogen-bond donors (Lipinski definition) is 1. The highest BCUT2D eigenvalue weighted by Crippen LogP contribution is 2.04. The molecule has 1 N–H and O–H groups in total. The van der Waals surface area contributed by atoms with Crippen molar-refractivity contribution in [2.45, 2.75) is 17.9 Å². The van der Waals surface area contributed by atoms with E-state index >= 15 is 0 Å². The number of hydrogen-bond acceptors (Lipinski definition) is 1. The molecule has 49 valence electrons. The van der Waals surface area contributed by atoms with Crippen molar-refractivity contribution in [3.63, 3.8) is 0 Å². The molecule has 0 bridgehead atoms. The Kier molecular flexibility index (Phi) is 4.72. The normalized spacial score (nSPS) is 18.0. The molecule has 0 aliphatic rings. The maximum Gasteiger partial charge on any atom is 0.0689 e. The molecule has 2 unspecified atom stereocenters. The summed E-state index contributed by atoms with van der Waals surface area (Å²) in [6.45, 7) is 3.47. The van der Waals surface area contributed by atoms with Crippen LogP contribution >= 0.6 is 23.2 Å². The molecule has 0 amide bonds. The number of aliphatic hydroxyl groups is 1. The summed E-state index contributed by atoms with van der Waals surface area (Å²) >= 11 is 10.7. The summed E-state index contributed by atoms with van der Waals surface area (Å²) in [5, 5.41) is 8.54. The summed E-state index contributed by atoms with van der Waals surface area (Å²) in [5.74, 6) is 0.235. The van der Waals surface area contributed by atoms with Crippen molar-refractivity contribution < 1.29 is 5.11 Å². The van der Waals surface area contributed by atoms with Crippen LogP contribution in [-0.4, -0.2) is 22.5 Å². The van der Waals surface area contributed by atoms with E-state index in [1.54, 1.807) is 0 Å². The predicted octanol–water partition coefficient (Wildman–Crippen LogP) is 1.42. The Hall–Kier alpha value is 0.540. The lowest BCUT2D eigenvalue weighted by Crippen LogP contribution is -2.12. The number of aliphatic hydroxyl groups excluding tert-OH is 1. The van der Waals surface area contributed by atoms with E-state index in [0.717, 1.165) is 0 Å². The molecule has 3 heteroatoms. The zero-order chi connectivity index (χ0) is 6.57. The van der Waals surface area contributed by atoms with Gasteiger partial charge >= 0.3 is 0 Å². The van der Waals surface area contributed by atoms with Crippen LogP contribution in [0.1, 0.15) is 6.42 Å². The van der Waals surface area contributed by atoms with Crippen LogP contribution in [-0.2, 0) is 0 Å². The third kappa shape index (κ3) is 4.69. The molecule has 0 heterocycles. The Morgan fingerprint density at radius 2 is 2.12 bits per heavy atom. The Labute approximate surface area is 59.6 Å². The first-order valence-electron chi connectivity index (χ1n) is 2.38. The highest BCUT2D eigenvalue weighted by atomic mass is 35.5. The molecule has 0 aromatic carbocycles. The lowest BCUT2D eigenvalue weighted by atomic mass is 10.2. The molecule has 8 heavy (non-hydrogen) atoms. The summed E-state index contributed by atoms with van der Waals surface area (Å²) in [6.07, 6.45) is -0.0397. The fourth-order valence-electron chi connectivity index (χ4n) is 0.358. The van der Waals surface area contributed by atoms with Crippen molar-refractivity contribution in [2.75, 3.05) is 5.88 Å². The average molecular weight is 156 g/mol. The van der Waals surface area contributed by atoms with E-state index in [9.17, 15) is 0 Å². The van der Waals surface area contributed by atoms with E-state index in [4.69, 9.17) is 28.3 Å². The van der Waals surface area contributed by atoms with Crippen molar-refractivity contribution >= 4 is 23.2 Å². The van der Waals surface area contributed by atoms with Gasteiger partial charge in [0.15, 0.2) is 0 Å². The van der Waals surface area contributed by atoms with Gasteiger partial charge in [-0.1, -0.05) is 0 Å². The minimum absolute atomic E-state index is 0.233. The minimum atomic E-state index is -0.503. The second kappa shape index (κ2) is 4.42. The first-order chi connectivity index (χ1) is 3.66. The van der Waals surface area contributed by atoms with Gasteiger partial charge < -0.3 is 5.11 Å². The molecule has 0 rings (SSSR count). The molecular weight excluding hydrogens is 147 g/mol. The van der Waals surface area contributed by atoms with E-state index in [1.807, 2.05) is 0 Å². The average Bonchev–Trinajstić information content (AvgIpc) is 1.65. The smallest absolute Gasteiger partial charge is 0.0689 e. The maximum atomic E-state index is 8.77. The summed E-state index contributed by atoms with van der Waals surface area (Å²) in [7, 11) is 0. The largest absolute Gasteiger partial charge is 0.392 e. The van der Waals surface area contributed by atoms with Crippen LogP contribution in [0, 0.1) is 6.92 Å². The Morgan fingerprint density at radius 3 is 2.25 bits per heavy atom. The zero-order valence-electron chi connectivity index (χ0n) is 4.48. The Morgan fingerprint density at radius 1 is 1.62 bits per heavy atom. The molecule has 1 nitrogen and oxygen atoms in total. The molecule has 0 aromatic heterocycles. The first-order valence-corrected chi connectivity index (χ1v) is 3.35. The van der Waals surface area contributed by atoms with Crippen LogP contribution < -0.4 is 0 Å². The van der Waals surface area contributed by atoms with Gasteiger partial charge in [-0.2, -0.15) is 0 Å². The number of rotatable bonds is 3. The molecule has 0 aromatic rings. The number of alkyl halides is 2. The van der Waals surface area contributed by atoms with Gasteiger partial charge in [0.2, 0.25) is 0 Å². The van der Waals surface area contributed by atoms with Crippen LogP contribution in [0.4, 0.5) is 0 Å². The molecule has 0 saturated carbocycles.